The number of hydrogen-bond acceptors (Lipinski definition) is 2. The minimum Gasteiger partial charge on any atom is -0.393 e. The molecule has 19 heavy (non-hydrogen) atoms. The topological polar surface area (TPSA) is 23.5 Å². The molecule has 2 rings (SSSR count). The first-order chi connectivity index (χ1) is 8.65. The molecule has 0 bridgehead atoms. The predicted molar refractivity (Wildman–Crippen MR) is 75.7 cm³/mol. The van der Waals surface area contributed by atoms with Crippen molar-refractivity contribution in [3.8, 4) is 0 Å². The second kappa shape index (κ2) is 11.1. The Labute approximate surface area is 130 Å². The molecule has 2 saturated carbocycles. The average Bonchev–Trinajstić information content (AvgIpc) is 3.00. The number of aliphatic hydroxyl groups excluding tert-OH is 1. The van der Waals surface area contributed by atoms with E-state index in [1.807, 2.05) is 66.0 Å². The van der Waals surface area contributed by atoms with Crippen LogP contribution in [0.25, 0.3) is 0 Å². The summed E-state index contributed by atoms with van der Waals surface area (Å²) in [5, 5.41) is 9.69. The molecule has 1 atom stereocenters. The molecule has 0 aromatic heterocycles. The summed E-state index contributed by atoms with van der Waals surface area (Å²) in [4.78, 5) is 2.11. The monoisotopic (exact) mass is 301 g/mol. The Bertz CT molecular complexity index is 199. The predicted octanol–water partition coefficient (Wildman–Crippen LogP) is 2.11. The summed E-state index contributed by atoms with van der Waals surface area (Å²) in [6, 6.07) is 0. The van der Waals surface area contributed by atoms with Gasteiger partial charge in [0.1, 0.15) is 0 Å². The van der Waals surface area contributed by atoms with E-state index in [0.29, 0.717) is 0 Å². The smallest absolute Gasteiger partial charge is 0.393 e. The summed E-state index contributed by atoms with van der Waals surface area (Å²) in [5.41, 5.74) is 0. The normalized spacial score (nSPS) is 21.9. The average molecular weight is 301 g/mol. The van der Waals surface area contributed by atoms with Crippen LogP contribution in [0.3, 0.4) is 0 Å². The van der Waals surface area contributed by atoms with Crippen LogP contribution in [0.5, 0.6) is 0 Å². The standard InChI is InChI=1S/C11H18NO.C5H5.Fe/c1-4-11(13)10-7-5-6-9(10)8-12(2)3;1-2-4-5-3-1;/h5-7,11,13H,4,8H2,1-3H3;1-5H;/q;;+2/t11-;;/m0../s1. The van der Waals surface area contributed by atoms with Crippen molar-refractivity contribution in [2.75, 3.05) is 20.6 Å². The Hall–Kier alpha value is 0.439. The quantitative estimate of drug-likeness (QED) is 0.804. The fourth-order valence-electron chi connectivity index (χ4n) is 1.82. The zero-order valence-electron chi connectivity index (χ0n) is 11.9. The van der Waals surface area contributed by atoms with Crippen LogP contribution in [0.1, 0.15) is 13.3 Å². The van der Waals surface area contributed by atoms with Gasteiger partial charge >= 0.3 is 17.1 Å². The second-order valence-electron chi connectivity index (χ2n) is 4.63. The van der Waals surface area contributed by atoms with Crippen LogP contribution in [0.4, 0.5) is 0 Å². The molecule has 10 radical (unpaired) electrons. The van der Waals surface area contributed by atoms with Crippen molar-refractivity contribution in [2.45, 2.75) is 19.4 Å². The summed E-state index contributed by atoms with van der Waals surface area (Å²) >= 11 is 0. The molecule has 0 aromatic carbocycles. The Kier molecular flexibility index (Phi) is 11.4. The first kappa shape index (κ1) is 19.4. The van der Waals surface area contributed by atoms with Crippen LogP contribution >= 0.6 is 0 Å². The summed E-state index contributed by atoms with van der Waals surface area (Å²) in [6.07, 6.45) is 16.6. The molecule has 0 saturated heterocycles. The fourth-order valence-corrected chi connectivity index (χ4v) is 1.82. The van der Waals surface area contributed by atoms with Crippen LogP contribution in [0.15, 0.2) is 0 Å². The maximum absolute atomic E-state index is 9.69. The third-order valence-corrected chi connectivity index (χ3v) is 2.73. The van der Waals surface area contributed by atoms with Gasteiger partial charge in [0.2, 0.25) is 0 Å². The van der Waals surface area contributed by atoms with Gasteiger partial charge in [0.15, 0.2) is 0 Å². The first-order valence-electron chi connectivity index (χ1n) is 6.39. The molecule has 1 N–H and O–H groups in total. The van der Waals surface area contributed by atoms with E-state index in [1.165, 1.54) is 5.92 Å². The van der Waals surface area contributed by atoms with Crippen molar-refractivity contribution in [1.82, 2.24) is 4.90 Å². The maximum atomic E-state index is 9.69. The van der Waals surface area contributed by atoms with Gasteiger partial charge in [0.25, 0.3) is 0 Å². The first-order valence-corrected chi connectivity index (χ1v) is 6.39. The van der Waals surface area contributed by atoms with Crippen LogP contribution in [-0.2, 0) is 17.1 Å². The molecular weight excluding hydrogens is 278 g/mol. The molecule has 2 fully saturated rings. The molecule has 0 amide bonds. The van der Waals surface area contributed by atoms with Crippen molar-refractivity contribution in [2.24, 2.45) is 0 Å². The van der Waals surface area contributed by atoms with Crippen LogP contribution < -0.4 is 0 Å². The third-order valence-electron chi connectivity index (χ3n) is 2.73. The van der Waals surface area contributed by atoms with E-state index < -0.39 is 0 Å². The van der Waals surface area contributed by atoms with E-state index in [-0.39, 0.29) is 23.2 Å². The molecule has 2 nitrogen and oxygen atoms in total. The zero-order valence-corrected chi connectivity index (χ0v) is 13.0. The number of rotatable bonds is 4. The molecular formula is C16H23FeNO+2. The molecule has 0 heterocycles. The number of nitrogens with zero attached hydrogens (tertiary/aromatic N) is 1. The molecule has 0 unspecified atom stereocenters. The molecule has 0 spiro atoms. The van der Waals surface area contributed by atoms with Gasteiger partial charge in [-0.25, -0.2) is 0 Å². The Morgan fingerprint density at radius 1 is 1.00 bits per heavy atom. The van der Waals surface area contributed by atoms with Crippen molar-refractivity contribution in [3.05, 3.63) is 63.2 Å². The fraction of sp³-hybridized carbons (Fsp3) is 0.375. The van der Waals surface area contributed by atoms with E-state index in [4.69, 9.17) is 0 Å². The van der Waals surface area contributed by atoms with Crippen molar-refractivity contribution >= 4 is 0 Å². The third kappa shape index (κ3) is 7.70. The van der Waals surface area contributed by atoms with Gasteiger partial charge in [-0.1, -0.05) is 6.92 Å². The summed E-state index contributed by atoms with van der Waals surface area (Å²) in [7, 11) is 4.07. The SMILES string of the molecule is CC[C@H](O)[C]1[CH][CH][CH][C]1CN(C)C.[CH]1[CH][CH][CH][CH]1.[Fe+2]. The van der Waals surface area contributed by atoms with Crippen LogP contribution in [-0.4, -0.2) is 36.8 Å². The minimum absolute atomic E-state index is 0. The van der Waals surface area contributed by atoms with Gasteiger partial charge in [-0.15, -0.1) is 0 Å². The zero-order chi connectivity index (χ0) is 13.4. The maximum Gasteiger partial charge on any atom is 2.00 e. The molecule has 2 aliphatic carbocycles. The Morgan fingerprint density at radius 3 is 1.95 bits per heavy atom. The molecule has 104 valence electrons. The summed E-state index contributed by atoms with van der Waals surface area (Å²) in [6.45, 7) is 2.90. The summed E-state index contributed by atoms with van der Waals surface area (Å²) < 4.78 is 0. The van der Waals surface area contributed by atoms with Crippen molar-refractivity contribution in [1.29, 1.82) is 0 Å². The van der Waals surface area contributed by atoms with Gasteiger partial charge in [-0.2, -0.15) is 0 Å². The largest absolute Gasteiger partial charge is 2.00 e. The number of hydrogen-bond donors (Lipinski definition) is 1. The van der Waals surface area contributed by atoms with E-state index in [0.717, 1.165) is 18.9 Å². The van der Waals surface area contributed by atoms with Gasteiger partial charge in [-0.05, 0) is 71.9 Å². The van der Waals surface area contributed by atoms with Gasteiger partial charge < -0.3 is 10.0 Å². The minimum atomic E-state index is -0.301. The number of aliphatic hydroxyl groups is 1. The van der Waals surface area contributed by atoms with E-state index >= 15 is 0 Å². The molecule has 2 aliphatic rings. The second-order valence-corrected chi connectivity index (χ2v) is 4.63. The Balaban J connectivity index is 0.000000454. The van der Waals surface area contributed by atoms with E-state index in [1.54, 1.807) is 0 Å². The summed E-state index contributed by atoms with van der Waals surface area (Å²) in [5.74, 6) is 2.32. The van der Waals surface area contributed by atoms with Crippen molar-refractivity contribution in [3.63, 3.8) is 0 Å². The van der Waals surface area contributed by atoms with Gasteiger partial charge in [-0.3, -0.25) is 0 Å². The van der Waals surface area contributed by atoms with Gasteiger partial charge in [0.05, 0.1) is 6.10 Å². The Morgan fingerprint density at radius 2 is 1.53 bits per heavy atom. The molecule has 0 aromatic rings. The van der Waals surface area contributed by atoms with Crippen LogP contribution in [0.2, 0.25) is 0 Å². The van der Waals surface area contributed by atoms with Gasteiger partial charge in [0, 0.05) is 18.4 Å². The van der Waals surface area contributed by atoms with E-state index in [2.05, 4.69) is 11.3 Å². The molecule has 3 heteroatoms. The van der Waals surface area contributed by atoms with Crippen LogP contribution in [0, 0.1) is 63.2 Å². The van der Waals surface area contributed by atoms with E-state index in [9.17, 15) is 5.11 Å². The van der Waals surface area contributed by atoms with Crippen molar-refractivity contribution < 1.29 is 22.2 Å². The molecule has 0 aliphatic heterocycles.